The number of benzene rings is 2. The Hall–Kier alpha value is -3.28. The van der Waals surface area contributed by atoms with E-state index >= 15 is 0 Å². The van der Waals surface area contributed by atoms with Crippen LogP contribution in [0.4, 0.5) is 5.69 Å². The lowest BCUT2D eigenvalue weighted by Crippen LogP contribution is -2.42. The number of ether oxygens (including phenoxy) is 2. The first-order valence-electron chi connectivity index (χ1n) is 9.08. The third-order valence-electron chi connectivity index (χ3n) is 4.89. The molecule has 1 aliphatic rings. The van der Waals surface area contributed by atoms with Crippen molar-refractivity contribution in [3.63, 3.8) is 0 Å². The first kappa shape index (κ1) is 19.5. The molecule has 0 bridgehead atoms. The molecule has 3 rings (SSSR count). The van der Waals surface area contributed by atoms with Crippen LogP contribution in [-0.4, -0.2) is 50.6 Å². The predicted octanol–water partition coefficient (Wildman–Crippen LogP) is 2.98. The molecule has 6 nitrogen and oxygen atoms in total. The van der Waals surface area contributed by atoms with Gasteiger partial charge in [0, 0.05) is 25.4 Å². The van der Waals surface area contributed by atoms with Crippen LogP contribution < -0.4 is 14.4 Å². The molecule has 2 amide bonds. The Balaban J connectivity index is 1.68. The van der Waals surface area contributed by atoms with Gasteiger partial charge >= 0.3 is 0 Å². The van der Waals surface area contributed by atoms with E-state index in [1.54, 1.807) is 44.4 Å². The van der Waals surface area contributed by atoms with Gasteiger partial charge in [0.05, 0.1) is 14.2 Å². The van der Waals surface area contributed by atoms with Crippen LogP contribution in [0.5, 0.6) is 11.5 Å². The number of anilines is 1. The Bertz CT molecular complexity index is 879. The molecule has 0 aromatic heterocycles. The number of nitrogens with zero attached hydrogens (tertiary/aromatic N) is 2. The summed E-state index contributed by atoms with van der Waals surface area (Å²) in [5, 5.41) is 0. The van der Waals surface area contributed by atoms with Crippen molar-refractivity contribution in [3.8, 4) is 11.5 Å². The molecule has 1 saturated heterocycles. The Kier molecular flexibility index (Phi) is 5.99. The SMILES string of the molecule is COc1ccc(C=CC(=O)N(C)C2CCN(c3ccccc3)C2=O)cc1OC. The minimum Gasteiger partial charge on any atom is -0.493 e. The van der Waals surface area contributed by atoms with Gasteiger partial charge < -0.3 is 19.3 Å². The van der Waals surface area contributed by atoms with Crippen molar-refractivity contribution in [1.82, 2.24) is 4.90 Å². The van der Waals surface area contributed by atoms with Crippen LogP contribution in [-0.2, 0) is 9.59 Å². The van der Waals surface area contributed by atoms with E-state index in [0.29, 0.717) is 24.5 Å². The molecular weight excluding hydrogens is 356 g/mol. The normalized spacial score (nSPS) is 16.5. The lowest BCUT2D eigenvalue weighted by atomic mass is 10.1. The number of para-hydroxylation sites is 1. The maximum atomic E-state index is 12.8. The van der Waals surface area contributed by atoms with E-state index < -0.39 is 6.04 Å². The maximum absolute atomic E-state index is 12.8. The van der Waals surface area contributed by atoms with Crippen LogP contribution >= 0.6 is 0 Å². The molecule has 0 N–H and O–H groups in total. The molecule has 0 saturated carbocycles. The smallest absolute Gasteiger partial charge is 0.249 e. The van der Waals surface area contributed by atoms with Crippen molar-refractivity contribution in [1.29, 1.82) is 0 Å². The number of likely N-dealkylation sites (N-methyl/N-ethyl adjacent to an activating group) is 1. The molecule has 1 atom stereocenters. The van der Waals surface area contributed by atoms with Crippen LogP contribution in [0, 0.1) is 0 Å². The molecule has 1 aliphatic heterocycles. The first-order valence-corrected chi connectivity index (χ1v) is 9.08. The standard InChI is InChI=1S/C22H24N2O4/c1-23(18-13-14-24(22(18)26)17-7-5-4-6-8-17)21(25)12-10-16-9-11-19(27-2)20(15-16)28-3/h4-12,15,18H,13-14H2,1-3H3. The molecule has 0 aliphatic carbocycles. The molecule has 6 heteroatoms. The van der Waals surface area contributed by atoms with E-state index in [2.05, 4.69) is 0 Å². The van der Waals surface area contributed by atoms with Gasteiger partial charge in [-0.15, -0.1) is 0 Å². The third-order valence-corrected chi connectivity index (χ3v) is 4.89. The van der Waals surface area contributed by atoms with Gasteiger partial charge in [0.25, 0.3) is 0 Å². The van der Waals surface area contributed by atoms with E-state index in [1.807, 2.05) is 36.4 Å². The Morgan fingerprint density at radius 1 is 1.11 bits per heavy atom. The Labute approximate surface area is 165 Å². The fourth-order valence-electron chi connectivity index (χ4n) is 3.28. The zero-order valence-electron chi connectivity index (χ0n) is 16.3. The highest BCUT2D eigenvalue weighted by Gasteiger charge is 2.36. The number of amides is 2. The van der Waals surface area contributed by atoms with Crippen LogP contribution in [0.3, 0.4) is 0 Å². The lowest BCUT2D eigenvalue weighted by Gasteiger charge is -2.23. The van der Waals surface area contributed by atoms with E-state index in [1.165, 1.54) is 11.0 Å². The fourth-order valence-corrected chi connectivity index (χ4v) is 3.28. The van der Waals surface area contributed by atoms with Crippen molar-refractivity contribution in [2.24, 2.45) is 0 Å². The quantitative estimate of drug-likeness (QED) is 0.723. The predicted molar refractivity (Wildman–Crippen MR) is 109 cm³/mol. The monoisotopic (exact) mass is 380 g/mol. The summed E-state index contributed by atoms with van der Waals surface area (Å²) in [5.41, 5.74) is 1.67. The molecule has 2 aromatic carbocycles. The van der Waals surface area contributed by atoms with Crippen LogP contribution in [0.1, 0.15) is 12.0 Å². The van der Waals surface area contributed by atoms with Crippen LogP contribution in [0.25, 0.3) is 6.08 Å². The maximum Gasteiger partial charge on any atom is 0.249 e. The summed E-state index contributed by atoms with van der Waals surface area (Å²) in [6.45, 7) is 0.602. The van der Waals surface area contributed by atoms with Gasteiger partial charge in [-0.3, -0.25) is 9.59 Å². The van der Waals surface area contributed by atoms with E-state index in [9.17, 15) is 9.59 Å². The van der Waals surface area contributed by atoms with E-state index in [-0.39, 0.29) is 11.8 Å². The van der Waals surface area contributed by atoms with Gasteiger partial charge in [0.2, 0.25) is 11.8 Å². The van der Waals surface area contributed by atoms with Gasteiger partial charge in [0.15, 0.2) is 11.5 Å². The van der Waals surface area contributed by atoms with Gasteiger partial charge in [-0.1, -0.05) is 24.3 Å². The van der Waals surface area contributed by atoms with Crippen molar-refractivity contribution in [2.45, 2.75) is 12.5 Å². The minimum atomic E-state index is -0.456. The largest absolute Gasteiger partial charge is 0.493 e. The minimum absolute atomic E-state index is 0.0541. The van der Waals surface area contributed by atoms with E-state index in [0.717, 1.165) is 11.3 Å². The highest BCUT2D eigenvalue weighted by atomic mass is 16.5. The van der Waals surface area contributed by atoms with Crippen molar-refractivity contribution >= 4 is 23.6 Å². The summed E-state index contributed by atoms with van der Waals surface area (Å²) >= 11 is 0. The first-order chi connectivity index (χ1) is 13.5. The summed E-state index contributed by atoms with van der Waals surface area (Å²) < 4.78 is 10.5. The summed E-state index contributed by atoms with van der Waals surface area (Å²) in [7, 11) is 4.80. The molecule has 1 heterocycles. The van der Waals surface area contributed by atoms with Crippen LogP contribution in [0.2, 0.25) is 0 Å². The number of hydrogen-bond acceptors (Lipinski definition) is 4. The second-order valence-electron chi connectivity index (χ2n) is 6.53. The highest BCUT2D eigenvalue weighted by Crippen LogP contribution is 2.28. The molecule has 1 fully saturated rings. The summed E-state index contributed by atoms with van der Waals surface area (Å²) in [6, 6.07) is 14.5. The topological polar surface area (TPSA) is 59.1 Å². The summed E-state index contributed by atoms with van der Waals surface area (Å²) in [5.74, 6) is 0.945. The number of hydrogen-bond donors (Lipinski definition) is 0. The molecule has 2 aromatic rings. The molecule has 0 spiro atoms. The Morgan fingerprint density at radius 2 is 1.82 bits per heavy atom. The zero-order chi connectivity index (χ0) is 20.1. The fraction of sp³-hybridized carbons (Fsp3) is 0.273. The lowest BCUT2D eigenvalue weighted by molar-refractivity contribution is -0.132. The Morgan fingerprint density at radius 3 is 2.50 bits per heavy atom. The highest BCUT2D eigenvalue weighted by molar-refractivity contribution is 6.03. The van der Waals surface area contributed by atoms with Crippen molar-refractivity contribution in [3.05, 3.63) is 60.2 Å². The van der Waals surface area contributed by atoms with Crippen molar-refractivity contribution in [2.75, 3.05) is 32.7 Å². The summed E-state index contributed by atoms with van der Waals surface area (Å²) in [4.78, 5) is 28.6. The molecule has 146 valence electrons. The number of carbonyl (C=O) groups is 2. The van der Waals surface area contributed by atoms with E-state index in [4.69, 9.17) is 9.47 Å². The van der Waals surface area contributed by atoms with Crippen LogP contribution in [0.15, 0.2) is 54.6 Å². The molecular formula is C22H24N2O4. The second kappa shape index (κ2) is 8.61. The second-order valence-corrected chi connectivity index (χ2v) is 6.53. The van der Waals surface area contributed by atoms with Gasteiger partial charge in [0.1, 0.15) is 6.04 Å². The van der Waals surface area contributed by atoms with Gasteiger partial charge in [-0.2, -0.15) is 0 Å². The number of rotatable bonds is 6. The average Bonchev–Trinajstić information content (AvgIpc) is 3.12. The molecule has 0 radical (unpaired) electrons. The van der Waals surface area contributed by atoms with Gasteiger partial charge in [-0.25, -0.2) is 0 Å². The van der Waals surface area contributed by atoms with Gasteiger partial charge in [-0.05, 0) is 42.3 Å². The molecule has 1 unspecified atom stereocenters. The number of carbonyl (C=O) groups excluding carboxylic acids is 2. The zero-order valence-corrected chi connectivity index (χ0v) is 16.3. The number of methoxy groups -OCH3 is 2. The summed E-state index contributed by atoms with van der Waals surface area (Å²) in [6.07, 6.45) is 3.79. The average molecular weight is 380 g/mol. The van der Waals surface area contributed by atoms with Crippen molar-refractivity contribution < 1.29 is 19.1 Å². The molecule has 28 heavy (non-hydrogen) atoms. The third kappa shape index (κ3) is 4.01.